The number of hydrogen-bond acceptors (Lipinski definition) is 4. The average molecular weight is 389 g/mol. The quantitative estimate of drug-likeness (QED) is 0.698. The van der Waals surface area contributed by atoms with E-state index in [0.29, 0.717) is 24.2 Å². The van der Waals surface area contributed by atoms with Crippen LogP contribution in [0.15, 0.2) is 60.8 Å². The monoisotopic (exact) mass is 389 g/mol. The minimum Gasteiger partial charge on any atom is -0.364 e. The standard InChI is InChI=1S/C21H19N5O3/c22-20(28)18-10-12-26(24-18)16-8-6-15(7-9-16)23-21(29)14-3-1-4-17(13-14)25-11-2-5-19(25)27/h1,3-4,6-10,12-13H,2,5,11H2,(H2,22,28)(H,23,29). The van der Waals surface area contributed by atoms with Crippen molar-refractivity contribution >= 4 is 29.1 Å². The van der Waals surface area contributed by atoms with Crippen LogP contribution in [0.3, 0.4) is 0 Å². The molecule has 29 heavy (non-hydrogen) atoms. The van der Waals surface area contributed by atoms with E-state index < -0.39 is 5.91 Å². The van der Waals surface area contributed by atoms with Crippen LogP contribution in [0.4, 0.5) is 11.4 Å². The van der Waals surface area contributed by atoms with Crippen LogP contribution < -0.4 is 16.0 Å². The maximum absolute atomic E-state index is 12.6. The highest BCUT2D eigenvalue weighted by Gasteiger charge is 2.22. The lowest BCUT2D eigenvalue weighted by Gasteiger charge is -2.16. The summed E-state index contributed by atoms with van der Waals surface area (Å²) in [5.74, 6) is -0.775. The van der Waals surface area contributed by atoms with Crippen molar-refractivity contribution in [1.82, 2.24) is 9.78 Å². The fourth-order valence-corrected chi connectivity index (χ4v) is 3.24. The molecule has 3 aromatic rings. The van der Waals surface area contributed by atoms with Gasteiger partial charge < -0.3 is 16.0 Å². The van der Waals surface area contributed by atoms with Gasteiger partial charge in [0.15, 0.2) is 0 Å². The Morgan fingerprint density at radius 3 is 2.48 bits per heavy atom. The first-order valence-electron chi connectivity index (χ1n) is 9.19. The van der Waals surface area contributed by atoms with Gasteiger partial charge in [-0.05, 0) is 55.0 Å². The summed E-state index contributed by atoms with van der Waals surface area (Å²) in [5.41, 5.74) is 7.95. The second-order valence-electron chi connectivity index (χ2n) is 6.71. The van der Waals surface area contributed by atoms with E-state index in [4.69, 9.17) is 5.73 Å². The molecule has 0 saturated carbocycles. The van der Waals surface area contributed by atoms with E-state index in [2.05, 4.69) is 10.4 Å². The molecule has 1 aromatic heterocycles. The molecular weight excluding hydrogens is 370 g/mol. The molecule has 0 bridgehead atoms. The molecule has 1 fully saturated rings. The van der Waals surface area contributed by atoms with E-state index in [-0.39, 0.29) is 17.5 Å². The number of nitrogens with one attached hydrogen (secondary N) is 1. The Bertz CT molecular complexity index is 1090. The molecule has 1 aliphatic rings. The lowest BCUT2D eigenvalue weighted by Crippen LogP contribution is -2.24. The molecule has 8 nitrogen and oxygen atoms in total. The van der Waals surface area contributed by atoms with Crippen LogP contribution in [0.1, 0.15) is 33.7 Å². The number of carbonyl (C=O) groups excluding carboxylic acids is 3. The largest absolute Gasteiger partial charge is 0.364 e. The van der Waals surface area contributed by atoms with E-state index in [9.17, 15) is 14.4 Å². The van der Waals surface area contributed by atoms with E-state index in [1.807, 2.05) is 6.07 Å². The highest BCUT2D eigenvalue weighted by atomic mass is 16.2. The smallest absolute Gasteiger partial charge is 0.269 e. The van der Waals surface area contributed by atoms with Gasteiger partial charge in [0.05, 0.1) is 5.69 Å². The number of hydrogen-bond donors (Lipinski definition) is 2. The Morgan fingerprint density at radius 1 is 1.03 bits per heavy atom. The van der Waals surface area contributed by atoms with Gasteiger partial charge in [-0.15, -0.1) is 0 Å². The van der Waals surface area contributed by atoms with Crippen molar-refractivity contribution in [2.24, 2.45) is 5.73 Å². The third-order valence-corrected chi connectivity index (χ3v) is 4.72. The zero-order valence-corrected chi connectivity index (χ0v) is 15.5. The first-order valence-corrected chi connectivity index (χ1v) is 9.19. The number of benzene rings is 2. The van der Waals surface area contributed by atoms with Crippen molar-refractivity contribution in [2.75, 3.05) is 16.8 Å². The van der Waals surface area contributed by atoms with Gasteiger partial charge in [0.25, 0.3) is 11.8 Å². The summed E-state index contributed by atoms with van der Waals surface area (Å²) in [4.78, 5) is 37.4. The molecule has 3 amide bonds. The first kappa shape index (κ1) is 18.4. The van der Waals surface area contributed by atoms with E-state index in [1.54, 1.807) is 53.6 Å². The van der Waals surface area contributed by atoms with Crippen molar-refractivity contribution in [3.05, 3.63) is 72.1 Å². The van der Waals surface area contributed by atoms with Crippen LogP contribution in [-0.4, -0.2) is 34.0 Å². The molecule has 8 heteroatoms. The molecule has 0 spiro atoms. The van der Waals surface area contributed by atoms with Gasteiger partial charge in [-0.2, -0.15) is 5.10 Å². The summed E-state index contributed by atoms with van der Waals surface area (Å²) in [6, 6.07) is 15.6. The van der Waals surface area contributed by atoms with Gasteiger partial charge in [-0.1, -0.05) is 6.07 Å². The SMILES string of the molecule is NC(=O)c1ccn(-c2ccc(NC(=O)c3cccc(N4CCCC4=O)c3)cc2)n1. The second kappa shape index (κ2) is 7.59. The normalized spacial score (nSPS) is 13.5. The Kier molecular flexibility index (Phi) is 4.82. The predicted octanol–water partition coefficient (Wildman–Crippen LogP) is 2.35. The molecule has 146 valence electrons. The van der Waals surface area contributed by atoms with Crippen molar-refractivity contribution in [3.63, 3.8) is 0 Å². The topological polar surface area (TPSA) is 110 Å². The van der Waals surface area contributed by atoms with Crippen molar-refractivity contribution in [2.45, 2.75) is 12.8 Å². The number of primary amides is 1. The highest BCUT2D eigenvalue weighted by Crippen LogP contribution is 2.23. The summed E-state index contributed by atoms with van der Waals surface area (Å²) < 4.78 is 1.53. The zero-order valence-electron chi connectivity index (χ0n) is 15.5. The number of carbonyl (C=O) groups is 3. The van der Waals surface area contributed by atoms with Crippen LogP contribution >= 0.6 is 0 Å². The maximum atomic E-state index is 12.6. The summed E-state index contributed by atoms with van der Waals surface area (Å²) in [7, 11) is 0. The lowest BCUT2D eigenvalue weighted by atomic mass is 10.1. The summed E-state index contributed by atoms with van der Waals surface area (Å²) in [5, 5.41) is 6.94. The molecule has 3 N–H and O–H groups in total. The molecule has 4 rings (SSSR count). The van der Waals surface area contributed by atoms with Crippen LogP contribution in [0.2, 0.25) is 0 Å². The lowest BCUT2D eigenvalue weighted by molar-refractivity contribution is -0.117. The number of anilines is 2. The van der Waals surface area contributed by atoms with E-state index in [1.165, 1.54) is 10.7 Å². The Labute approximate surface area is 166 Å². The Balaban J connectivity index is 1.47. The molecule has 2 aromatic carbocycles. The van der Waals surface area contributed by atoms with Gasteiger partial charge in [0, 0.05) is 36.1 Å². The molecule has 0 atom stereocenters. The molecular formula is C21H19N5O3. The van der Waals surface area contributed by atoms with Crippen molar-refractivity contribution < 1.29 is 14.4 Å². The number of rotatable bonds is 5. The number of nitrogens with zero attached hydrogens (tertiary/aromatic N) is 3. The minimum atomic E-state index is -0.592. The van der Waals surface area contributed by atoms with Crippen LogP contribution in [0.5, 0.6) is 0 Å². The maximum Gasteiger partial charge on any atom is 0.269 e. The highest BCUT2D eigenvalue weighted by molar-refractivity contribution is 6.05. The summed E-state index contributed by atoms with van der Waals surface area (Å²) in [6.07, 6.45) is 3.01. The molecule has 1 saturated heterocycles. The molecule has 0 radical (unpaired) electrons. The fourth-order valence-electron chi connectivity index (χ4n) is 3.24. The minimum absolute atomic E-state index is 0.0799. The van der Waals surface area contributed by atoms with Crippen LogP contribution in [-0.2, 0) is 4.79 Å². The Hall–Kier alpha value is -3.94. The van der Waals surface area contributed by atoms with Gasteiger partial charge in [0.2, 0.25) is 5.91 Å². The van der Waals surface area contributed by atoms with Crippen LogP contribution in [0, 0.1) is 0 Å². The fraction of sp³-hybridized carbons (Fsp3) is 0.143. The van der Waals surface area contributed by atoms with E-state index in [0.717, 1.165) is 17.8 Å². The second-order valence-corrected chi connectivity index (χ2v) is 6.71. The number of aromatic nitrogens is 2. The van der Waals surface area contributed by atoms with Gasteiger partial charge >= 0.3 is 0 Å². The third kappa shape index (κ3) is 3.86. The molecule has 0 unspecified atom stereocenters. The third-order valence-electron chi connectivity index (χ3n) is 4.72. The van der Waals surface area contributed by atoms with Gasteiger partial charge in [0.1, 0.15) is 5.69 Å². The van der Waals surface area contributed by atoms with Gasteiger partial charge in [-0.25, -0.2) is 4.68 Å². The molecule has 1 aliphatic heterocycles. The van der Waals surface area contributed by atoms with E-state index >= 15 is 0 Å². The molecule has 0 aliphatic carbocycles. The zero-order chi connectivity index (χ0) is 20.4. The Morgan fingerprint density at radius 2 is 1.83 bits per heavy atom. The number of amides is 3. The molecule has 2 heterocycles. The van der Waals surface area contributed by atoms with Crippen molar-refractivity contribution in [1.29, 1.82) is 0 Å². The first-order chi connectivity index (χ1) is 14.0. The predicted molar refractivity (Wildman–Crippen MR) is 108 cm³/mol. The van der Waals surface area contributed by atoms with Crippen molar-refractivity contribution in [3.8, 4) is 5.69 Å². The number of nitrogens with two attached hydrogens (primary N) is 1. The summed E-state index contributed by atoms with van der Waals surface area (Å²) >= 11 is 0. The summed E-state index contributed by atoms with van der Waals surface area (Å²) in [6.45, 7) is 0.677. The average Bonchev–Trinajstić information content (AvgIpc) is 3.38. The van der Waals surface area contributed by atoms with Crippen LogP contribution in [0.25, 0.3) is 5.69 Å². The van der Waals surface area contributed by atoms with Gasteiger partial charge in [-0.3, -0.25) is 14.4 Å².